The van der Waals surface area contributed by atoms with Gasteiger partial charge in [0.25, 0.3) is 0 Å². The number of nitrogens with zero attached hydrogens (tertiary/aromatic N) is 1. The summed E-state index contributed by atoms with van der Waals surface area (Å²) in [7, 11) is 0. The standard InChI is InChI=1S/C17H26N2/c1-5-18-13-15-12-14-8-6-7-9-16(14)19(15)11-10-17(2,3)4/h6-9,12,18H,5,10-11,13H2,1-4H3. The van der Waals surface area contributed by atoms with Crippen LogP contribution in [0.3, 0.4) is 0 Å². The van der Waals surface area contributed by atoms with Crippen LogP contribution in [0.1, 0.15) is 39.8 Å². The summed E-state index contributed by atoms with van der Waals surface area (Å²) < 4.78 is 2.48. The first-order chi connectivity index (χ1) is 9.01. The molecule has 0 saturated carbocycles. The van der Waals surface area contributed by atoms with Crippen LogP contribution >= 0.6 is 0 Å². The Bertz CT molecular complexity index is 532. The maximum Gasteiger partial charge on any atom is 0.0482 e. The first-order valence-corrected chi connectivity index (χ1v) is 7.29. The van der Waals surface area contributed by atoms with Gasteiger partial charge in [0.1, 0.15) is 0 Å². The van der Waals surface area contributed by atoms with Crippen molar-refractivity contribution in [2.24, 2.45) is 5.41 Å². The molecule has 0 bridgehead atoms. The summed E-state index contributed by atoms with van der Waals surface area (Å²) in [5, 5.41) is 4.79. The van der Waals surface area contributed by atoms with Crippen LogP contribution in [-0.2, 0) is 13.1 Å². The second kappa shape index (κ2) is 5.79. The smallest absolute Gasteiger partial charge is 0.0482 e. The Balaban J connectivity index is 2.31. The monoisotopic (exact) mass is 258 g/mol. The van der Waals surface area contributed by atoms with Crippen molar-refractivity contribution in [3.63, 3.8) is 0 Å². The Morgan fingerprint density at radius 3 is 2.58 bits per heavy atom. The maximum atomic E-state index is 3.44. The molecule has 0 aliphatic rings. The molecule has 0 aliphatic carbocycles. The Kier molecular flexibility index (Phi) is 4.31. The fourth-order valence-corrected chi connectivity index (χ4v) is 2.38. The topological polar surface area (TPSA) is 17.0 Å². The largest absolute Gasteiger partial charge is 0.343 e. The summed E-state index contributed by atoms with van der Waals surface area (Å²) >= 11 is 0. The highest BCUT2D eigenvalue weighted by Crippen LogP contribution is 2.24. The van der Waals surface area contributed by atoms with Gasteiger partial charge in [0, 0.05) is 24.3 Å². The van der Waals surface area contributed by atoms with Crippen molar-refractivity contribution in [1.82, 2.24) is 9.88 Å². The van der Waals surface area contributed by atoms with Crippen LogP contribution in [0.25, 0.3) is 10.9 Å². The van der Waals surface area contributed by atoms with Gasteiger partial charge in [-0.15, -0.1) is 0 Å². The SMILES string of the molecule is CCNCc1cc2ccccc2n1CCC(C)(C)C. The predicted molar refractivity (Wildman–Crippen MR) is 83.4 cm³/mol. The van der Waals surface area contributed by atoms with Crippen LogP contribution in [0, 0.1) is 5.41 Å². The molecule has 2 nitrogen and oxygen atoms in total. The quantitative estimate of drug-likeness (QED) is 0.851. The highest BCUT2D eigenvalue weighted by Gasteiger charge is 2.13. The molecule has 1 aromatic heterocycles. The van der Waals surface area contributed by atoms with Gasteiger partial charge in [-0.1, -0.05) is 45.9 Å². The van der Waals surface area contributed by atoms with Crippen LogP contribution in [0.4, 0.5) is 0 Å². The summed E-state index contributed by atoms with van der Waals surface area (Å²) in [5.41, 5.74) is 3.13. The van der Waals surface area contributed by atoms with E-state index in [0.717, 1.165) is 19.6 Å². The van der Waals surface area contributed by atoms with Gasteiger partial charge in [-0.05, 0) is 35.9 Å². The molecule has 2 heteroatoms. The normalized spacial score (nSPS) is 12.2. The molecule has 0 radical (unpaired) electrons. The number of fused-ring (bicyclic) bond motifs is 1. The van der Waals surface area contributed by atoms with E-state index in [0.29, 0.717) is 5.41 Å². The first kappa shape index (κ1) is 14.1. The molecule has 0 aliphatic heterocycles. The Morgan fingerprint density at radius 2 is 1.89 bits per heavy atom. The minimum atomic E-state index is 0.376. The van der Waals surface area contributed by atoms with Crippen LogP contribution in [0.15, 0.2) is 30.3 Å². The van der Waals surface area contributed by atoms with Crippen LogP contribution in [0.2, 0.25) is 0 Å². The third-order valence-electron chi connectivity index (χ3n) is 3.54. The molecule has 0 atom stereocenters. The van der Waals surface area contributed by atoms with Gasteiger partial charge in [-0.25, -0.2) is 0 Å². The lowest BCUT2D eigenvalue weighted by molar-refractivity contribution is 0.350. The third-order valence-corrected chi connectivity index (χ3v) is 3.54. The van der Waals surface area contributed by atoms with E-state index >= 15 is 0 Å². The Morgan fingerprint density at radius 1 is 1.16 bits per heavy atom. The summed E-state index contributed by atoms with van der Waals surface area (Å²) in [4.78, 5) is 0. The van der Waals surface area contributed by atoms with E-state index in [1.165, 1.54) is 23.0 Å². The van der Waals surface area contributed by atoms with Gasteiger partial charge in [0.15, 0.2) is 0 Å². The lowest BCUT2D eigenvalue weighted by Crippen LogP contribution is -2.17. The number of aromatic nitrogens is 1. The van der Waals surface area contributed by atoms with E-state index < -0.39 is 0 Å². The highest BCUT2D eigenvalue weighted by atomic mass is 15.0. The van der Waals surface area contributed by atoms with Crippen molar-refractivity contribution in [2.45, 2.75) is 47.2 Å². The van der Waals surface area contributed by atoms with Gasteiger partial charge >= 0.3 is 0 Å². The Hall–Kier alpha value is -1.28. The summed E-state index contributed by atoms with van der Waals surface area (Å²) in [6.45, 7) is 12.1. The summed E-state index contributed by atoms with van der Waals surface area (Å²) in [6.07, 6.45) is 1.20. The molecular formula is C17H26N2. The lowest BCUT2D eigenvalue weighted by Gasteiger charge is -2.20. The van der Waals surface area contributed by atoms with Gasteiger partial charge in [-0.2, -0.15) is 0 Å². The number of nitrogens with one attached hydrogen (secondary N) is 1. The van der Waals surface area contributed by atoms with Gasteiger partial charge in [0.2, 0.25) is 0 Å². The van der Waals surface area contributed by atoms with E-state index in [-0.39, 0.29) is 0 Å². The number of para-hydroxylation sites is 1. The average molecular weight is 258 g/mol. The maximum absolute atomic E-state index is 3.44. The zero-order valence-electron chi connectivity index (χ0n) is 12.7. The molecule has 1 aromatic carbocycles. The van der Waals surface area contributed by atoms with E-state index in [9.17, 15) is 0 Å². The Labute approximate surface area is 116 Å². The molecule has 0 saturated heterocycles. The fourth-order valence-electron chi connectivity index (χ4n) is 2.38. The lowest BCUT2D eigenvalue weighted by atomic mass is 9.92. The molecular weight excluding hydrogens is 232 g/mol. The second-order valence-electron chi connectivity index (χ2n) is 6.44. The zero-order valence-corrected chi connectivity index (χ0v) is 12.7. The zero-order chi connectivity index (χ0) is 13.9. The first-order valence-electron chi connectivity index (χ1n) is 7.29. The van der Waals surface area contributed by atoms with E-state index in [4.69, 9.17) is 0 Å². The number of rotatable bonds is 5. The van der Waals surface area contributed by atoms with E-state index in [1.54, 1.807) is 0 Å². The molecule has 19 heavy (non-hydrogen) atoms. The fraction of sp³-hybridized carbons (Fsp3) is 0.529. The van der Waals surface area contributed by atoms with Crippen molar-refractivity contribution in [3.8, 4) is 0 Å². The molecule has 2 aromatic rings. The van der Waals surface area contributed by atoms with Crippen molar-refractivity contribution in [1.29, 1.82) is 0 Å². The number of benzene rings is 1. The molecule has 1 N–H and O–H groups in total. The highest BCUT2D eigenvalue weighted by molar-refractivity contribution is 5.81. The minimum Gasteiger partial charge on any atom is -0.343 e. The van der Waals surface area contributed by atoms with E-state index in [1.807, 2.05) is 0 Å². The second-order valence-corrected chi connectivity index (χ2v) is 6.44. The summed E-state index contributed by atoms with van der Waals surface area (Å²) in [6, 6.07) is 11.0. The molecule has 1 heterocycles. The van der Waals surface area contributed by atoms with Crippen LogP contribution in [-0.4, -0.2) is 11.1 Å². The summed E-state index contributed by atoms with van der Waals surface area (Å²) in [5.74, 6) is 0. The van der Waals surface area contributed by atoms with Gasteiger partial charge in [-0.3, -0.25) is 0 Å². The van der Waals surface area contributed by atoms with Crippen molar-refractivity contribution >= 4 is 10.9 Å². The van der Waals surface area contributed by atoms with Crippen molar-refractivity contribution < 1.29 is 0 Å². The molecule has 104 valence electrons. The van der Waals surface area contributed by atoms with Crippen LogP contribution in [0.5, 0.6) is 0 Å². The average Bonchev–Trinajstić information content (AvgIpc) is 2.70. The minimum absolute atomic E-state index is 0.376. The number of aryl methyl sites for hydroxylation is 1. The third kappa shape index (κ3) is 3.60. The van der Waals surface area contributed by atoms with Crippen molar-refractivity contribution in [2.75, 3.05) is 6.54 Å². The van der Waals surface area contributed by atoms with Gasteiger partial charge in [0.05, 0.1) is 0 Å². The molecule has 0 unspecified atom stereocenters. The predicted octanol–water partition coefficient (Wildman–Crippen LogP) is 4.19. The van der Waals surface area contributed by atoms with Gasteiger partial charge < -0.3 is 9.88 Å². The molecule has 0 spiro atoms. The number of hydrogen-bond donors (Lipinski definition) is 1. The number of hydrogen-bond acceptors (Lipinski definition) is 1. The molecule has 2 rings (SSSR count). The molecule has 0 amide bonds. The van der Waals surface area contributed by atoms with E-state index in [2.05, 4.69) is 67.9 Å². The van der Waals surface area contributed by atoms with Crippen LogP contribution < -0.4 is 5.32 Å². The molecule has 0 fully saturated rings. The van der Waals surface area contributed by atoms with Crippen molar-refractivity contribution in [3.05, 3.63) is 36.0 Å².